The smallest absolute Gasteiger partial charge is 0.159 e. The predicted octanol–water partition coefficient (Wildman–Crippen LogP) is 15.2. The molecule has 0 aliphatic heterocycles. The Kier molecular flexibility index (Phi) is 7.46. The Morgan fingerprint density at radius 1 is 0.286 bits per heavy atom. The van der Waals surface area contributed by atoms with Crippen molar-refractivity contribution in [2.24, 2.45) is 0 Å². The highest BCUT2D eigenvalue weighted by atomic mass is 16.3. The molecule has 4 nitrogen and oxygen atoms in total. The van der Waals surface area contributed by atoms with Crippen molar-refractivity contribution in [3.8, 4) is 11.1 Å². The molecule has 2 heterocycles. The van der Waals surface area contributed by atoms with Crippen LogP contribution in [-0.2, 0) is 0 Å². The molecule has 0 aliphatic rings. The molecule has 2 aromatic heterocycles. The Morgan fingerprint density at radius 2 is 0.821 bits per heavy atom. The van der Waals surface area contributed by atoms with Crippen LogP contribution < -0.4 is 9.80 Å². The van der Waals surface area contributed by atoms with Crippen LogP contribution in [0.2, 0.25) is 0 Å². The van der Waals surface area contributed by atoms with Crippen LogP contribution in [0.15, 0.2) is 215 Å². The van der Waals surface area contributed by atoms with Gasteiger partial charge in [-0.2, -0.15) is 0 Å². The maximum absolute atomic E-state index is 6.59. The number of anilines is 6. The summed E-state index contributed by atoms with van der Waals surface area (Å²) in [6.45, 7) is 0. The van der Waals surface area contributed by atoms with E-state index in [4.69, 9.17) is 8.83 Å². The fourth-order valence-corrected chi connectivity index (χ4v) is 8.29. The van der Waals surface area contributed by atoms with Crippen LogP contribution in [0.4, 0.5) is 34.1 Å². The Labute approximate surface area is 323 Å². The van der Waals surface area contributed by atoms with Gasteiger partial charge in [0.2, 0.25) is 0 Å². The van der Waals surface area contributed by atoms with Crippen LogP contribution in [0.25, 0.3) is 65.8 Å². The topological polar surface area (TPSA) is 32.8 Å². The molecule has 0 spiro atoms. The van der Waals surface area contributed by atoms with Crippen LogP contribution in [0.5, 0.6) is 0 Å². The normalized spacial score (nSPS) is 11.6. The van der Waals surface area contributed by atoms with Gasteiger partial charge in [-0.05, 0) is 89.3 Å². The molecule has 0 radical (unpaired) electrons. The van der Waals surface area contributed by atoms with Crippen LogP contribution in [0.1, 0.15) is 0 Å². The number of hydrogen-bond donors (Lipinski definition) is 0. The van der Waals surface area contributed by atoms with Crippen molar-refractivity contribution in [2.45, 2.75) is 0 Å². The molecule has 0 atom stereocenters. The van der Waals surface area contributed by atoms with Crippen molar-refractivity contribution in [2.75, 3.05) is 9.80 Å². The number of hydrogen-bond acceptors (Lipinski definition) is 4. The third-order valence-corrected chi connectivity index (χ3v) is 10.9. The lowest BCUT2D eigenvalue weighted by atomic mass is 9.96. The molecule has 4 heteroatoms. The van der Waals surface area contributed by atoms with Crippen molar-refractivity contribution in [1.82, 2.24) is 0 Å². The van der Waals surface area contributed by atoms with E-state index >= 15 is 0 Å². The third kappa shape index (κ3) is 5.23. The van der Waals surface area contributed by atoms with Gasteiger partial charge in [0.25, 0.3) is 0 Å². The zero-order valence-corrected chi connectivity index (χ0v) is 30.3. The minimum Gasteiger partial charge on any atom is -0.456 e. The van der Waals surface area contributed by atoms with Gasteiger partial charge in [0.1, 0.15) is 16.7 Å². The summed E-state index contributed by atoms with van der Waals surface area (Å²) < 4.78 is 12.9. The van der Waals surface area contributed by atoms with E-state index in [1.807, 2.05) is 24.3 Å². The molecular formula is C52H34N2O2. The van der Waals surface area contributed by atoms with Crippen LogP contribution in [0.3, 0.4) is 0 Å². The average molecular weight is 719 g/mol. The number of para-hydroxylation sites is 5. The lowest BCUT2D eigenvalue weighted by molar-refractivity contribution is 0.668. The van der Waals surface area contributed by atoms with Crippen molar-refractivity contribution < 1.29 is 8.83 Å². The van der Waals surface area contributed by atoms with Gasteiger partial charge in [-0.25, -0.2) is 0 Å². The van der Waals surface area contributed by atoms with Gasteiger partial charge in [-0.1, -0.05) is 127 Å². The standard InChI is InChI=1S/C52H34N2O2/c1-3-14-36(15-4-1)53(39-30-31-45-43-20-9-11-24-49(43)55-51(45)34-39)38-28-26-35(27-29-38)40-32-33-47(42-19-8-7-18-41(40)42)54(37-16-5-2-6-17-37)48-23-13-22-46-44-21-10-12-25-50(44)56-52(46)48/h1-34H. The first kappa shape index (κ1) is 31.9. The second-order valence-corrected chi connectivity index (χ2v) is 14.1. The SMILES string of the molecule is c1ccc(N(c2ccc(-c3ccc(N(c4ccccc4)c4cccc5c4oc4ccccc45)c4ccccc34)cc2)c2ccc3c(c2)oc2ccccc23)cc1. The molecular weight excluding hydrogens is 685 g/mol. The Bertz CT molecular complexity index is 3200. The molecule has 0 saturated carbocycles. The van der Waals surface area contributed by atoms with E-state index < -0.39 is 0 Å². The van der Waals surface area contributed by atoms with E-state index in [-0.39, 0.29) is 0 Å². The summed E-state index contributed by atoms with van der Waals surface area (Å²) in [4.78, 5) is 4.62. The van der Waals surface area contributed by atoms with Gasteiger partial charge in [-0.15, -0.1) is 0 Å². The van der Waals surface area contributed by atoms with Gasteiger partial charge in [0.15, 0.2) is 5.58 Å². The first-order valence-electron chi connectivity index (χ1n) is 18.9. The molecule has 56 heavy (non-hydrogen) atoms. The minimum absolute atomic E-state index is 0.865. The summed E-state index contributed by atoms with van der Waals surface area (Å²) in [5.41, 5.74) is 12.1. The van der Waals surface area contributed by atoms with E-state index in [9.17, 15) is 0 Å². The Balaban J connectivity index is 1.03. The molecule has 0 fully saturated rings. The van der Waals surface area contributed by atoms with Gasteiger partial charge < -0.3 is 18.6 Å². The first-order chi connectivity index (χ1) is 27.8. The highest BCUT2D eigenvalue weighted by Crippen LogP contribution is 2.46. The average Bonchev–Trinajstić information content (AvgIpc) is 3.84. The van der Waals surface area contributed by atoms with Crippen molar-refractivity contribution in [1.29, 1.82) is 0 Å². The van der Waals surface area contributed by atoms with E-state index in [1.54, 1.807) is 0 Å². The van der Waals surface area contributed by atoms with Gasteiger partial charge in [0.05, 0.1) is 11.4 Å². The van der Waals surface area contributed by atoms with Gasteiger partial charge >= 0.3 is 0 Å². The summed E-state index contributed by atoms with van der Waals surface area (Å²) in [6, 6.07) is 72.6. The van der Waals surface area contributed by atoms with Crippen LogP contribution in [-0.4, -0.2) is 0 Å². The first-order valence-corrected chi connectivity index (χ1v) is 18.9. The summed E-state index contributed by atoms with van der Waals surface area (Å²) in [7, 11) is 0. The maximum atomic E-state index is 6.59. The third-order valence-electron chi connectivity index (χ3n) is 10.9. The highest BCUT2D eigenvalue weighted by Gasteiger charge is 2.22. The Morgan fingerprint density at radius 3 is 1.55 bits per heavy atom. The fraction of sp³-hybridized carbons (Fsp3) is 0. The van der Waals surface area contributed by atoms with E-state index in [1.165, 1.54) is 10.9 Å². The van der Waals surface area contributed by atoms with Crippen molar-refractivity contribution >= 4 is 88.8 Å². The molecule has 11 aromatic rings. The fourth-order valence-electron chi connectivity index (χ4n) is 8.29. The summed E-state index contributed by atoms with van der Waals surface area (Å²) >= 11 is 0. The highest BCUT2D eigenvalue weighted by molar-refractivity contribution is 6.13. The molecule has 0 N–H and O–H groups in total. The van der Waals surface area contributed by atoms with Crippen LogP contribution >= 0.6 is 0 Å². The van der Waals surface area contributed by atoms with Crippen molar-refractivity contribution in [3.05, 3.63) is 206 Å². The van der Waals surface area contributed by atoms with E-state index in [0.717, 1.165) is 89.0 Å². The van der Waals surface area contributed by atoms with Gasteiger partial charge in [-0.3, -0.25) is 0 Å². The zero-order valence-electron chi connectivity index (χ0n) is 30.3. The van der Waals surface area contributed by atoms with E-state index in [2.05, 4.69) is 192 Å². The number of benzene rings is 9. The molecule has 0 bridgehead atoms. The molecule has 264 valence electrons. The summed E-state index contributed by atoms with van der Waals surface area (Å²) in [5, 5.41) is 6.77. The molecule has 9 aromatic carbocycles. The van der Waals surface area contributed by atoms with Gasteiger partial charge in [0, 0.05) is 55.7 Å². The number of rotatable bonds is 7. The number of fused-ring (bicyclic) bond motifs is 7. The molecule has 0 aliphatic carbocycles. The quantitative estimate of drug-likeness (QED) is 0.164. The lowest BCUT2D eigenvalue weighted by Crippen LogP contribution is -2.11. The van der Waals surface area contributed by atoms with Crippen LogP contribution in [0, 0.1) is 0 Å². The predicted molar refractivity (Wildman–Crippen MR) is 233 cm³/mol. The minimum atomic E-state index is 0.865. The molecule has 0 saturated heterocycles. The second-order valence-electron chi connectivity index (χ2n) is 14.1. The molecule has 0 unspecified atom stereocenters. The maximum Gasteiger partial charge on any atom is 0.159 e. The lowest BCUT2D eigenvalue weighted by Gasteiger charge is -2.27. The zero-order chi connectivity index (χ0) is 37.0. The van der Waals surface area contributed by atoms with Crippen molar-refractivity contribution in [3.63, 3.8) is 0 Å². The second kappa shape index (κ2) is 13.1. The summed E-state index contributed by atoms with van der Waals surface area (Å²) in [5.74, 6) is 0. The monoisotopic (exact) mass is 718 g/mol. The Hall–Kier alpha value is -7.56. The molecule has 11 rings (SSSR count). The van der Waals surface area contributed by atoms with E-state index in [0.29, 0.717) is 0 Å². The largest absolute Gasteiger partial charge is 0.456 e. The number of nitrogens with zero attached hydrogens (tertiary/aromatic N) is 2. The summed E-state index contributed by atoms with van der Waals surface area (Å²) in [6.07, 6.45) is 0. The molecule has 0 amide bonds. The number of furan rings is 2.